The van der Waals surface area contributed by atoms with Crippen molar-refractivity contribution in [2.45, 2.75) is 18.9 Å². The Hall–Kier alpha value is -3.07. The number of alkyl halides is 3. The van der Waals surface area contributed by atoms with Crippen LogP contribution in [0.25, 0.3) is 0 Å². The lowest BCUT2D eigenvalue weighted by Gasteiger charge is -2.34. The van der Waals surface area contributed by atoms with Crippen LogP contribution < -0.4 is 10.1 Å². The van der Waals surface area contributed by atoms with Gasteiger partial charge in [0.2, 0.25) is 11.8 Å². The number of ether oxygens (including phenoxy) is 2. The Morgan fingerprint density at radius 2 is 1.93 bits per heavy atom. The van der Waals surface area contributed by atoms with Gasteiger partial charge in [-0.2, -0.15) is 0 Å². The summed E-state index contributed by atoms with van der Waals surface area (Å²) in [6.07, 6.45) is -4.83. The van der Waals surface area contributed by atoms with Crippen molar-refractivity contribution in [2.24, 2.45) is 0 Å². The minimum atomic E-state index is -4.83. The summed E-state index contributed by atoms with van der Waals surface area (Å²) in [5.74, 6) is -1.36. The number of anilines is 1. The summed E-state index contributed by atoms with van der Waals surface area (Å²) in [5.41, 5.74) is 0.959. The maximum absolute atomic E-state index is 12.7. The van der Waals surface area contributed by atoms with Crippen LogP contribution in [-0.2, 0) is 20.9 Å². The van der Waals surface area contributed by atoms with Gasteiger partial charge in [-0.15, -0.1) is 13.2 Å². The number of amides is 2. The molecule has 3 rings (SSSR count). The topological polar surface area (TPSA) is 67.9 Å². The molecule has 0 unspecified atom stereocenters. The Bertz CT molecular complexity index is 843. The van der Waals surface area contributed by atoms with Crippen LogP contribution in [0, 0.1) is 0 Å². The van der Waals surface area contributed by atoms with Crippen molar-refractivity contribution in [3.8, 4) is 5.75 Å². The van der Waals surface area contributed by atoms with Crippen LogP contribution in [0.3, 0.4) is 0 Å². The molecule has 2 aromatic rings. The van der Waals surface area contributed by atoms with Crippen LogP contribution >= 0.6 is 0 Å². The van der Waals surface area contributed by atoms with Crippen LogP contribution in [-0.4, -0.2) is 42.3 Å². The van der Waals surface area contributed by atoms with E-state index in [0.717, 1.165) is 17.7 Å². The zero-order chi connectivity index (χ0) is 20.1. The summed E-state index contributed by atoms with van der Waals surface area (Å²) in [4.78, 5) is 26.3. The third-order valence-electron chi connectivity index (χ3n) is 4.03. The van der Waals surface area contributed by atoms with Crippen molar-refractivity contribution in [2.75, 3.05) is 18.5 Å². The van der Waals surface area contributed by atoms with E-state index < -0.39 is 24.1 Å². The molecule has 0 spiro atoms. The van der Waals surface area contributed by atoms with Crippen LogP contribution in [0.1, 0.15) is 5.56 Å². The van der Waals surface area contributed by atoms with Gasteiger partial charge in [0, 0.05) is 18.3 Å². The van der Waals surface area contributed by atoms with Gasteiger partial charge in [0.15, 0.2) is 0 Å². The second-order valence-electron chi connectivity index (χ2n) is 6.10. The molecule has 0 bridgehead atoms. The predicted octanol–water partition coefficient (Wildman–Crippen LogP) is 2.95. The standard InChI is InChI=1S/C19H17F3N2O4/c20-19(21,22)28-15-8-4-7-14(9-15)23-18(26)16-11-27-12-17(25)24(16)10-13-5-2-1-3-6-13/h1-9,16H,10-12H2,(H,23,26)/t16-/m0/s1. The van der Waals surface area contributed by atoms with Gasteiger partial charge in [-0.3, -0.25) is 9.59 Å². The van der Waals surface area contributed by atoms with Crippen LogP contribution in [0.2, 0.25) is 0 Å². The normalized spacial score (nSPS) is 17.3. The summed E-state index contributed by atoms with van der Waals surface area (Å²) < 4.78 is 46.1. The average Bonchev–Trinajstić information content (AvgIpc) is 2.63. The van der Waals surface area contributed by atoms with E-state index in [1.165, 1.54) is 17.0 Å². The molecule has 2 amide bonds. The second kappa shape index (κ2) is 8.30. The van der Waals surface area contributed by atoms with E-state index in [1.807, 2.05) is 30.3 Å². The van der Waals surface area contributed by atoms with Gasteiger partial charge in [-0.1, -0.05) is 36.4 Å². The molecule has 1 aliphatic heterocycles. The van der Waals surface area contributed by atoms with E-state index in [2.05, 4.69) is 10.1 Å². The van der Waals surface area contributed by atoms with Crippen LogP contribution in [0.15, 0.2) is 54.6 Å². The minimum absolute atomic E-state index is 0.0108. The summed E-state index contributed by atoms with van der Waals surface area (Å²) >= 11 is 0. The lowest BCUT2D eigenvalue weighted by atomic mass is 10.1. The van der Waals surface area contributed by atoms with Gasteiger partial charge in [-0.05, 0) is 17.7 Å². The lowest BCUT2D eigenvalue weighted by Crippen LogP contribution is -2.54. The quantitative estimate of drug-likeness (QED) is 0.847. The molecule has 148 valence electrons. The first-order valence-corrected chi connectivity index (χ1v) is 8.39. The predicted molar refractivity (Wildman–Crippen MR) is 93.4 cm³/mol. The van der Waals surface area contributed by atoms with Crippen molar-refractivity contribution in [3.63, 3.8) is 0 Å². The molecule has 1 fully saturated rings. The van der Waals surface area contributed by atoms with E-state index in [-0.39, 0.29) is 31.4 Å². The maximum atomic E-state index is 12.7. The first-order chi connectivity index (χ1) is 13.3. The highest BCUT2D eigenvalue weighted by molar-refractivity contribution is 5.98. The van der Waals surface area contributed by atoms with Crippen molar-refractivity contribution >= 4 is 17.5 Å². The highest BCUT2D eigenvalue weighted by atomic mass is 19.4. The molecule has 0 aliphatic carbocycles. The monoisotopic (exact) mass is 394 g/mol. The molecule has 1 heterocycles. The second-order valence-corrected chi connectivity index (χ2v) is 6.10. The van der Waals surface area contributed by atoms with Gasteiger partial charge >= 0.3 is 6.36 Å². The molecule has 9 heteroatoms. The van der Waals surface area contributed by atoms with Gasteiger partial charge in [0.1, 0.15) is 18.4 Å². The van der Waals surface area contributed by atoms with Crippen molar-refractivity contribution in [1.29, 1.82) is 0 Å². The Balaban J connectivity index is 1.72. The Morgan fingerprint density at radius 1 is 1.18 bits per heavy atom. The Kier molecular flexibility index (Phi) is 5.84. The van der Waals surface area contributed by atoms with E-state index in [1.54, 1.807) is 0 Å². The number of benzene rings is 2. The van der Waals surface area contributed by atoms with E-state index in [9.17, 15) is 22.8 Å². The zero-order valence-corrected chi connectivity index (χ0v) is 14.6. The molecule has 28 heavy (non-hydrogen) atoms. The van der Waals surface area contributed by atoms with Crippen molar-refractivity contribution < 1.29 is 32.2 Å². The smallest absolute Gasteiger partial charge is 0.406 e. The first-order valence-electron chi connectivity index (χ1n) is 8.39. The average molecular weight is 394 g/mol. The van der Waals surface area contributed by atoms with Crippen LogP contribution in [0.5, 0.6) is 5.75 Å². The molecule has 0 aromatic heterocycles. The highest BCUT2D eigenvalue weighted by Gasteiger charge is 2.34. The van der Waals surface area contributed by atoms with Gasteiger partial charge in [0.05, 0.1) is 6.61 Å². The highest BCUT2D eigenvalue weighted by Crippen LogP contribution is 2.25. The molecule has 0 radical (unpaired) electrons. The number of carbonyl (C=O) groups is 2. The first kappa shape index (κ1) is 19.7. The van der Waals surface area contributed by atoms with Crippen LogP contribution in [0.4, 0.5) is 18.9 Å². The molecule has 1 atom stereocenters. The summed E-state index contributed by atoms with van der Waals surface area (Å²) in [6, 6.07) is 13.2. The summed E-state index contributed by atoms with van der Waals surface area (Å²) in [6.45, 7) is 0.0764. The molecule has 6 nitrogen and oxygen atoms in total. The third kappa shape index (κ3) is 5.23. The molecule has 1 aliphatic rings. The summed E-state index contributed by atoms with van der Waals surface area (Å²) in [7, 11) is 0. The number of halogens is 3. The number of hydrogen-bond acceptors (Lipinski definition) is 4. The van der Waals surface area contributed by atoms with E-state index >= 15 is 0 Å². The van der Waals surface area contributed by atoms with Crippen molar-refractivity contribution in [1.82, 2.24) is 4.90 Å². The lowest BCUT2D eigenvalue weighted by molar-refractivity contribution is -0.274. The number of rotatable bonds is 5. The Morgan fingerprint density at radius 3 is 2.64 bits per heavy atom. The molecule has 2 aromatic carbocycles. The number of nitrogens with one attached hydrogen (secondary N) is 1. The molecular weight excluding hydrogens is 377 g/mol. The minimum Gasteiger partial charge on any atom is -0.406 e. The van der Waals surface area contributed by atoms with Gasteiger partial charge < -0.3 is 19.7 Å². The fourth-order valence-electron chi connectivity index (χ4n) is 2.80. The maximum Gasteiger partial charge on any atom is 0.573 e. The molecule has 1 saturated heterocycles. The van der Waals surface area contributed by atoms with Gasteiger partial charge in [0.25, 0.3) is 0 Å². The van der Waals surface area contributed by atoms with Crippen molar-refractivity contribution in [3.05, 3.63) is 60.2 Å². The SMILES string of the molecule is O=C(Nc1cccc(OC(F)(F)F)c1)[C@@H]1COCC(=O)N1Cc1ccccc1. The number of nitrogens with zero attached hydrogens (tertiary/aromatic N) is 1. The Labute approximate surface area is 158 Å². The zero-order valence-electron chi connectivity index (χ0n) is 14.6. The summed E-state index contributed by atoms with van der Waals surface area (Å²) in [5, 5.41) is 2.51. The largest absolute Gasteiger partial charge is 0.573 e. The van der Waals surface area contributed by atoms with E-state index in [0.29, 0.717) is 0 Å². The van der Waals surface area contributed by atoms with Gasteiger partial charge in [-0.25, -0.2) is 0 Å². The number of morpholine rings is 1. The fourth-order valence-corrected chi connectivity index (χ4v) is 2.80. The molecular formula is C19H17F3N2O4. The third-order valence-corrected chi connectivity index (χ3v) is 4.03. The fraction of sp³-hybridized carbons (Fsp3) is 0.263. The molecule has 1 N–H and O–H groups in total. The molecule has 0 saturated carbocycles. The van der Waals surface area contributed by atoms with E-state index in [4.69, 9.17) is 4.74 Å². The number of carbonyl (C=O) groups excluding carboxylic acids is 2. The number of hydrogen-bond donors (Lipinski definition) is 1.